The van der Waals surface area contributed by atoms with Gasteiger partial charge in [-0.15, -0.1) is 0 Å². The molecule has 1 aromatic rings. The summed E-state index contributed by atoms with van der Waals surface area (Å²) in [7, 11) is 2.00. The summed E-state index contributed by atoms with van der Waals surface area (Å²) in [5, 5.41) is 3.24. The van der Waals surface area contributed by atoms with Crippen LogP contribution in [0.2, 0.25) is 0 Å². The Kier molecular flexibility index (Phi) is 3.28. The van der Waals surface area contributed by atoms with E-state index < -0.39 is 0 Å². The molecule has 4 heteroatoms. The molecule has 4 nitrogen and oxygen atoms in total. The van der Waals surface area contributed by atoms with Crippen LogP contribution in [0.15, 0.2) is 18.2 Å². The molecule has 1 N–H and O–H groups in total. The highest BCUT2D eigenvalue weighted by atomic mass is 16.7. The predicted molar refractivity (Wildman–Crippen MR) is 68.2 cm³/mol. The van der Waals surface area contributed by atoms with E-state index in [2.05, 4.69) is 5.32 Å². The molecule has 1 saturated carbocycles. The molecule has 3 rings (SSSR count). The van der Waals surface area contributed by atoms with Gasteiger partial charge in [0, 0.05) is 18.5 Å². The second kappa shape index (κ2) is 5.06. The molecule has 0 radical (unpaired) electrons. The van der Waals surface area contributed by atoms with Crippen molar-refractivity contribution in [1.82, 2.24) is 5.32 Å². The van der Waals surface area contributed by atoms with Gasteiger partial charge in [-0.3, -0.25) is 0 Å². The zero-order valence-electron chi connectivity index (χ0n) is 10.6. The third-order valence-corrected chi connectivity index (χ3v) is 3.69. The average Bonchev–Trinajstić information content (AvgIpc) is 2.99. The summed E-state index contributed by atoms with van der Waals surface area (Å²) in [5.41, 5.74) is 0. The lowest BCUT2D eigenvalue weighted by atomic mass is 10.1. The molecular weight excluding hydrogens is 230 g/mol. The fraction of sp³-hybridized carbons (Fsp3) is 0.571. The molecule has 0 saturated heterocycles. The fourth-order valence-corrected chi connectivity index (χ4v) is 2.78. The highest BCUT2D eigenvalue weighted by Crippen LogP contribution is 2.37. The summed E-state index contributed by atoms with van der Waals surface area (Å²) < 4.78 is 16.7. The molecule has 1 aliphatic heterocycles. The van der Waals surface area contributed by atoms with E-state index in [0.29, 0.717) is 18.8 Å². The summed E-state index contributed by atoms with van der Waals surface area (Å²) in [6, 6.07) is 5.80. The highest BCUT2D eigenvalue weighted by molar-refractivity contribution is 5.46. The van der Waals surface area contributed by atoms with Crippen LogP contribution in [-0.2, 0) is 0 Å². The van der Waals surface area contributed by atoms with E-state index in [1.807, 2.05) is 25.2 Å². The predicted octanol–water partition coefficient (Wildman–Crippen LogP) is 2.18. The molecule has 0 amide bonds. The Morgan fingerprint density at radius 1 is 1.28 bits per heavy atom. The number of ether oxygens (including phenoxy) is 3. The van der Waals surface area contributed by atoms with Crippen LogP contribution in [0, 0.1) is 5.92 Å². The van der Waals surface area contributed by atoms with Gasteiger partial charge in [0.25, 0.3) is 0 Å². The number of nitrogens with one attached hydrogen (secondary N) is 1. The molecule has 0 spiro atoms. The van der Waals surface area contributed by atoms with Gasteiger partial charge in [-0.2, -0.15) is 0 Å². The summed E-state index contributed by atoms with van der Waals surface area (Å²) in [4.78, 5) is 0. The maximum atomic E-state index is 6.09. The summed E-state index contributed by atoms with van der Waals surface area (Å²) >= 11 is 0. The second-order valence-electron chi connectivity index (χ2n) is 4.92. The van der Waals surface area contributed by atoms with Crippen LogP contribution in [0.1, 0.15) is 19.3 Å². The van der Waals surface area contributed by atoms with Crippen molar-refractivity contribution < 1.29 is 14.2 Å². The number of fused-ring (bicyclic) bond motifs is 1. The average molecular weight is 249 g/mol. The van der Waals surface area contributed by atoms with E-state index >= 15 is 0 Å². The molecule has 0 aromatic heterocycles. The van der Waals surface area contributed by atoms with E-state index in [1.54, 1.807) is 0 Å². The number of hydrogen-bond acceptors (Lipinski definition) is 4. The number of benzene rings is 1. The molecule has 18 heavy (non-hydrogen) atoms. The Morgan fingerprint density at radius 3 is 3.06 bits per heavy atom. The van der Waals surface area contributed by atoms with Crippen LogP contribution in [-0.4, -0.2) is 26.5 Å². The van der Waals surface area contributed by atoms with Crippen molar-refractivity contribution in [2.24, 2.45) is 5.92 Å². The molecule has 0 bridgehead atoms. The van der Waals surface area contributed by atoms with Crippen molar-refractivity contribution in [2.45, 2.75) is 25.4 Å². The normalized spacial score (nSPS) is 25.4. The fourth-order valence-electron chi connectivity index (χ4n) is 2.78. The molecule has 2 aliphatic rings. The zero-order valence-corrected chi connectivity index (χ0v) is 10.6. The molecule has 2 unspecified atom stereocenters. The molecule has 1 aliphatic carbocycles. The van der Waals surface area contributed by atoms with Crippen LogP contribution in [0.4, 0.5) is 0 Å². The van der Waals surface area contributed by atoms with Crippen molar-refractivity contribution in [2.75, 3.05) is 20.4 Å². The van der Waals surface area contributed by atoms with Crippen molar-refractivity contribution in [3.05, 3.63) is 18.2 Å². The summed E-state index contributed by atoms with van der Waals surface area (Å²) in [6.45, 7) is 1.33. The third kappa shape index (κ3) is 2.25. The Balaban J connectivity index is 1.68. The van der Waals surface area contributed by atoms with E-state index in [9.17, 15) is 0 Å². The first-order chi connectivity index (χ1) is 8.86. The van der Waals surface area contributed by atoms with Gasteiger partial charge in [0.05, 0.1) is 0 Å². The minimum atomic E-state index is 0.310. The topological polar surface area (TPSA) is 39.7 Å². The van der Waals surface area contributed by atoms with Gasteiger partial charge < -0.3 is 19.5 Å². The Labute approximate surface area is 107 Å². The van der Waals surface area contributed by atoms with Crippen LogP contribution in [0.25, 0.3) is 0 Å². The smallest absolute Gasteiger partial charge is 0.231 e. The lowest BCUT2D eigenvalue weighted by Gasteiger charge is -2.21. The van der Waals surface area contributed by atoms with Crippen molar-refractivity contribution in [3.63, 3.8) is 0 Å². The number of hydrogen-bond donors (Lipinski definition) is 1. The van der Waals surface area contributed by atoms with E-state index in [4.69, 9.17) is 14.2 Å². The molecule has 1 aromatic carbocycles. The number of rotatable bonds is 4. The minimum Gasteiger partial charge on any atom is -0.490 e. The monoisotopic (exact) mass is 249 g/mol. The van der Waals surface area contributed by atoms with E-state index in [1.165, 1.54) is 12.8 Å². The zero-order chi connectivity index (χ0) is 12.4. The molecular formula is C14H19NO3. The maximum absolute atomic E-state index is 6.09. The van der Waals surface area contributed by atoms with Crippen LogP contribution in [0.5, 0.6) is 17.2 Å². The van der Waals surface area contributed by atoms with Crippen molar-refractivity contribution >= 4 is 0 Å². The Morgan fingerprint density at radius 2 is 2.17 bits per heavy atom. The van der Waals surface area contributed by atoms with Gasteiger partial charge >= 0.3 is 0 Å². The van der Waals surface area contributed by atoms with Crippen molar-refractivity contribution in [3.8, 4) is 17.2 Å². The van der Waals surface area contributed by atoms with Crippen LogP contribution in [0.3, 0.4) is 0 Å². The van der Waals surface area contributed by atoms with Crippen LogP contribution >= 0.6 is 0 Å². The Hall–Kier alpha value is -1.42. The quantitative estimate of drug-likeness (QED) is 0.888. The first-order valence-corrected chi connectivity index (χ1v) is 6.58. The third-order valence-electron chi connectivity index (χ3n) is 3.69. The van der Waals surface area contributed by atoms with Gasteiger partial charge in [-0.05, 0) is 38.4 Å². The summed E-state index contributed by atoms with van der Waals surface area (Å²) in [6.07, 6.45) is 3.95. The van der Waals surface area contributed by atoms with Gasteiger partial charge in [0.1, 0.15) is 11.9 Å². The first kappa shape index (κ1) is 11.7. The largest absolute Gasteiger partial charge is 0.490 e. The van der Waals surface area contributed by atoms with E-state index in [-0.39, 0.29) is 0 Å². The van der Waals surface area contributed by atoms with Crippen LogP contribution < -0.4 is 19.5 Å². The second-order valence-corrected chi connectivity index (χ2v) is 4.92. The lowest BCUT2D eigenvalue weighted by Crippen LogP contribution is -2.29. The summed E-state index contributed by atoms with van der Waals surface area (Å²) in [5.74, 6) is 3.09. The standard InChI is InChI=1S/C14H19NO3/c1-15-8-10-3-2-4-12(10)18-11-5-6-13-14(7-11)17-9-16-13/h5-7,10,12,15H,2-4,8-9H2,1H3. The van der Waals surface area contributed by atoms with Gasteiger partial charge in [-0.1, -0.05) is 0 Å². The van der Waals surface area contributed by atoms with Gasteiger partial charge in [0.15, 0.2) is 11.5 Å². The lowest BCUT2D eigenvalue weighted by molar-refractivity contribution is 0.157. The van der Waals surface area contributed by atoms with E-state index in [0.717, 1.165) is 30.2 Å². The molecule has 98 valence electrons. The SMILES string of the molecule is CNCC1CCCC1Oc1ccc2c(c1)OCO2. The van der Waals surface area contributed by atoms with Crippen molar-refractivity contribution in [1.29, 1.82) is 0 Å². The molecule has 2 atom stereocenters. The first-order valence-electron chi connectivity index (χ1n) is 6.58. The Bertz CT molecular complexity index is 422. The van der Waals surface area contributed by atoms with Gasteiger partial charge in [-0.25, -0.2) is 0 Å². The van der Waals surface area contributed by atoms with Gasteiger partial charge in [0.2, 0.25) is 6.79 Å². The molecule has 1 fully saturated rings. The highest BCUT2D eigenvalue weighted by Gasteiger charge is 2.28. The maximum Gasteiger partial charge on any atom is 0.231 e. The molecule has 1 heterocycles. The minimum absolute atomic E-state index is 0.310.